The molecular formula is C23H25N5O4S2. The van der Waals surface area contributed by atoms with Crippen LogP contribution in [0.3, 0.4) is 0 Å². The highest BCUT2D eigenvalue weighted by molar-refractivity contribution is 7.14. The summed E-state index contributed by atoms with van der Waals surface area (Å²) in [5, 5.41) is 9.31. The quantitative estimate of drug-likeness (QED) is 0.415. The Morgan fingerprint density at radius 2 is 1.91 bits per heavy atom. The minimum Gasteiger partial charge on any atom is -0.379 e. The average molecular weight is 500 g/mol. The molecule has 3 heterocycles. The Kier molecular flexibility index (Phi) is 8.01. The summed E-state index contributed by atoms with van der Waals surface area (Å²) >= 11 is 2.57. The fourth-order valence-electron chi connectivity index (χ4n) is 3.58. The number of nitrogens with two attached hydrogens (primary N) is 1. The molecule has 1 fully saturated rings. The number of carbonyl (C=O) groups is 3. The number of ether oxygens (including phenoxy) is 1. The van der Waals surface area contributed by atoms with Gasteiger partial charge in [0.25, 0.3) is 11.8 Å². The maximum atomic E-state index is 12.8. The van der Waals surface area contributed by atoms with Crippen molar-refractivity contribution in [2.45, 2.75) is 12.8 Å². The van der Waals surface area contributed by atoms with E-state index in [0.29, 0.717) is 21.3 Å². The van der Waals surface area contributed by atoms with Gasteiger partial charge in [-0.1, -0.05) is 6.07 Å². The van der Waals surface area contributed by atoms with E-state index in [0.717, 1.165) is 51.3 Å². The molecule has 9 nitrogen and oxygen atoms in total. The lowest BCUT2D eigenvalue weighted by Gasteiger charge is -2.26. The molecular weight excluding hydrogens is 474 g/mol. The molecule has 1 aliphatic heterocycles. The topological polar surface area (TPSA) is 127 Å². The van der Waals surface area contributed by atoms with Crippen LogP contribution in [-0.2, 0) is 11.2 Å². The highest BCUT2D eigenvalue weighted by Gasteiger charge is 2.18. The summed E-state index contributed by atoms with van der Waals surface area (Å²) in [6.07, 6.45) is 1.79. The van der Waals surface area contributed by atoms with Crippen molar-refractivity contribution in [3.8, 4) is 0 Å². The third-order valence-corrected chi connectivity index (χ3v) is 7.05. The van der Waals surface area contributed by atoms with Crippen LogP contribution >= 0.6 is 22.7 Å². The van der Waals surface area contributed by atoms with Crippen molar-refractivity contribution in [3.05, 3.63) is 62.8 Å². The number of aromatic nitrogens is 1. The highest BCUT2D eigenvalue weighted by atomic mass is 32.1. The van der Waals surface area contributed by atoms with Gasteiger partial charge in [-0.25, -0.2) is 4.98 Å². The van der Waals surface area contributed by atoms with Crippen molar-refractivity contribution in [2.75, 3.05) is 43.5 Å². The van der Waals surface area contributed by atoms with Crippen LogP contribution in [0.15, 0.2) is 41.1 Å². The molecule has 0 saturated carbocycles. The van der Waals surface area contributed by atoms with Crippen molar-refractivity contribution in [3.63, 3.8) is 0 Å². The first-order chi connectivity index (χ1) is 16.5. The second kappa shape index (κ2) is 11.3. The van der Waals surface area contributed by atoms with Gasteiger partial charge in [-0.15, -0.1) is 22.7 Å². The molecule has 11 heteroatoms. The Hall–Kier alpha value is -3.12. The van der Waals surface area contributed by atoms with Gasteiger partial charge >= 0.3 is 0 Å². The number of thiazole rings is 1. The Bertz CT molecular complexity index is 1170. The number of nitrogens with one attached hydrogen (secondary N) is 2. The lowest BCUT2D eigenvalue weighted by molar-refractivity contribution is 0.0374. The van der Waals surface area contributed by atoms with Gasteiger partial charge in [0.1, 0.15) is 5.69 Å². The number of hydrogen-bond acceptors (Lipinski definition) is 8. The van der Waals surface area contributed by atoms with E-state index in [1.54, 1.807) is 23.6 Å². The molecule has 1 saturated heterocycles. The standard InChI is InChI=1S/C23H25N5O4S2/c24-20(29)16-3-1-5-17(13-16)25-21(30)18-14-34-23(26-18)27-22(31)19-15(6-12-33-19)4-2-7-28-8-10-32-11-9-28/h1,3,5-6,12-14H,2,4,7-11H2,(H2,24,29)(H,25,30)(H,26,27,31). The van der Waals surface area contributed by atoms with E-state index in [2.05, 4.69) is 20.5 Å². The molecule has 0 atom stereocenters. The highest BCUT2D eigenvalue weighted by Crippen LogP contribution is 2.23. The Morgan fingerprint density at radius 1 is 1.09 bits per heavy atom. The number of primary amides is 1. The summed E-state index contributed by atoms with van der Waals surface area (Å²) in [4.78, 5) is 43.9. The molecule has 1 aromatic carbocycles. The monoisotopic (exact) mass is 499 g/mol. The van der Waals surface area contributed by atoms with Gasteiger partial charge in [-0.3, -0.25) is 24.6 Å². The van der Waals surface area contributed by atoms with E-state index in [1.807, 2.05) is 11.4 Å². The SMILES string of the molecule is NC(=O)c1cccc(NC(=O)c2csc(NC(=O)c3sccc3CCCN3CCOCC3)n2)c1. The van der Waals surface area contributed by atoms with Crippen LogP contribution in [0.1, 0.15) is 42.5 Å². The molecule has 2 aromatic heterocycles. The second-order valence-corrected chi connectivity index (χ2v) is 9.50. The molecule has 34 heavy (non-hydrogen) atoms. The summed E-state index contributed by atoms with van der Waals surface area (Å²) in [5.74, 6) is -1.26. The molecule has 0 unspecified atom stereocenters. The van der Waals surface area contributed by atoms with Gasteiger partial charge in [-0.2, -0.15) is 0 Å². The van der Waals surface area contributed by atoms with Crippen LogP contribution in [0.25, 0.3) is 0 Å². The number of rotatable bonds is 9. The lowest BCUT2D eigenvalue weighted by Crippen LogP contribution is -2.36. The van der Waals surface area contributed by atoms with Crippen molar-refractivity contribution < 1.29 is 19.1 Å². The Balaban J connectivity index is 1.32. The van der Waals surface area contributed by atoms with E-state index >= 15 is 0 Å². The normalized spacial score (nSPS) is 14.0. The molecule has 0 radical (unpaired) electrons. The van der Waals surface area contributed by atoms with Crippen molar-refractivity contribution in [1.29, 1.82) is 0 Å². The summed E-state index contributed by atoms with van der Waals surface area (Å²) in [5.41, 5.74) is 7.18. The van der Waals surface area contributed by atoms with Crippen molar-refractivity contribution >= 4 is 51.2 Å². The van der Waals surface area contributed by atoms with Crippen LogP contribution < -0.4 is 16.4 Å². The van der Waals surface area contributed by atoms with E-state index in [1.165, 1.54) is 28.7 Å². The van der Waals surface area contributed by atoms with E-state index in [-0.39, 0.29) is 11.6 Å². The van der Waals surface area contributed by atoms with Gasteiger partial charge in [-0.05, 0) is 54.6 Å². The number of benzene rings is 1. The first-order valence-electron chi connectivity index (χ1n) is 10.8. The maximum absolute atomic E-state index is 12.8. The van der Waals surface area contributed by atoms with Crippen molar-refractivity contribution in [1.82, 2.24) is 9.88 Å². The third-order valence-electron chi connectivity index (χ3n) is 5.34. The molecule has 178 valence electrons. The van der Waals surface area contributed by atoms with Crippen LogP contribution in [0.5, 0.6) is 0 Å². The van der Waals surface area contributed by atoms with Gasteiger partial charge in [0.05, 0.1) is 18.1 Å². The minimum absolute atomic E-state index is 0.168. The molecule has 0 aliphatic carbocycles. The largest absolute Gasteiger partial charge is 0.379 e. The van der Waals surface area contributed by atoms with Crippen LogP contribution in [0.2, 0.25) is 0 Å². The Labute approximate surface area is 204 Å². The zero-order valence-electron chi connectivity index (χ0n) is 18.4. The first kappa shape index (κ1) is 24.0. The summed E-state index contributed by atoms with van der Waals surface area (Å²) in [7, 11) is 0. The van der Waals surface area contributed by atoms with Gasteiger partial charge in [0.2, 0.25) is 5.91 Å². The van der Waals surface area contributed by atoms with Crippen molar-refractivity contribution in [2.24, 2.45) is 5.73 Å². The fraction of sp³-hybridized carbons (Fsp3) is 0.304. The number of nitrogens with zero attached hydrogens (tertiary/aromatic N) is 2. The predicted molar refractivity (Wildman–Crippen MR) is 133 cm³/mol. The molecule has 0 spiro atoms. The van der Waals surface area contributed by atoms with Gasteiger partial charge in [0, 0.05) is 29.7 Å². The lowest BCUT2D eigenvalue weighted by atomic mass is 10.1. The van der Waals surface area contributed by atoms with E-state index in [4.69, 9.17) is 10.5 Å². The minimum atomic E-state index is -0.580. The molecule has 0 bridgehead atoms. The first-order valence-corrected chi connectivity index (χ1v) is 12.6. The third kappa shape index (κ3) is 6.26. The van der Waals surface area contributed by atoms with Crippen LogP contribution in [0, 0.1) is 0 Å². The van der Waals surface area contributed by atoms with E-state index in [9.17, 15) is 14.4 Å². The fourth-order valence-corrected chi connectivity index (χ4v) is 5.12. The number of anilines is 2. The number of thiophene rings is 1. The number of morpholine rings is 1. The maximum Gasteiger partial charge on any atom is 0.275 e. The smallest absolute Gasteiger partial charge is 0.275 e. The van der Waals surface area contributed by atoms with Crippen LogP contribution in [-0.4, -0.2) is 60.5 Å². The van der Waals surface area contributed by atoms with Crippen LogP contribution in [0.4, 0.5) is 10.8 Å². The molecule has 4 rings (SSSR count). The second-order valence-electron chi connectivity index (χ2n) is 7.72. The average Bonchev–Trinajstić information content (AvgIpc) is 3.50. The Morgan fingerprint density at radius 3 is 2.71 bits per heavy atom. The number of aryl methyl sites for hydroxylation is 1. The number of amides is 3. The molecule has 1 aliphatic rings. The zero-order valence-corrected chi connectivity index (χ0v) is 20.0. The molecule has 3 amide bonds. The molecule has 4 N–H and O–H groups in total. The number of carbonyl (C=O) groups excluding carboxylic acids is 3. The molecule has 3 aromatic rings. The van der Waals surface area contributed by atoms with E-state index < -0.39 is 11.8 Å². The summed E-state index contributed by atoms with van der Waals surface area (Å²) in [6, 6.07) is 8.32. The number of hydrogen-bond donors (Lipinski definition) is 3. The summed E-state index contributed by atoms with van der Waals surface area (Å²) in [6.45, 7) is 4.44. The van der Waals surface area contributed by atoms with Gasteiger partial charge in [0.15, 0.2) is 5.13 Å². The zero-order chi connectivity index (χ0) is 23.9. The predicted octanol–water partition coefficient (Wildman–Crippen LogP) is 3.07. The summed E-state index contributed by atoms with van der Waals surface area (Å²) < 4.78 is 5.38. The van der Waals surface area contributed by atoms with Gasteiger partial charge < -0.3 is 15.8 Å².